The Morgan fingerprint density at radius 1 is 0.351 bits per heavy atom. The van der Waals surface area contributed by atoms with E-state index in [4.69, 9.17) is 0 Å². The van der Waals surface area contributed by atoms with Gasteiger partial charge in [0.15, 0.2) is 0 Å². The molecule has 0 spiro atoms. The minimum atomic E-state index is -1.22. The van der Waals surface area contributed by atoms with E-state index < -0.39 is 11.0 Å². The highest BCUT2D eigenvalue weighted by Gasteiger charge is 2.48. The van der Waals surface area contributed by atoms with Crippen molar-refractivity contribution in [1.82, 2.24) is 0 Å². The summed E-state index contributed by atoms with van der Waals surface area (Å²) in [6.07, 6.45) is 31.4. The second kappa shape index (κ2) is 26.1. The first-order valence-corrected chi connectivity index (χ1v) is 16.6. The van der Waals surface area contributed by atoms with E-state index >= 15 is 0 Å². The molecule has 0 saturated heterocycles. The van der Waals surface area contributed by atoms with Crippen LogP contribution in [-0.4, -0.2) is 45.8 Å². The lowest BCUT2D eigenvalue weighted by atomic mass is 9.68. The molecule has 0 bridgehead atoms. The monoisotopic (exact) mass is 529 g/mol. The summed E-state index contributed by atoms with van der Waals surface area (Å²) in [5.41, 5.74) is -2.43. The van der Waals surface area contributed by atoms with Crippen LogP contribution in [0.15, 0.2) is 0 Å². The van der Waals surface area contributed by atoms with Crippen LogP contribution in [0.1, 0.15) is 181 Å². The first-order valence-electron chi connectivity index (χ1n) is 16.6. The van der Waals surface area contributed by atoms with Gasteiger partial charge in [-0.2, -0.15) is 0 Å². The van der Waals surface area contributed by atoms with Crippen molar-refractivity contribution in [3.63, 3.8) is 0 Å². The summed E-state index contributed by atoms with van der Waals surface area (Å²) in [4.78, 5) is 0. The molecule has 0 aliphatic carbocycles. The van der Waals surface area contributed by atoms with Crippen LogP contribution in [0.2, 0.25) is 0 Å². The molecule has 0 unspecified atom stereocenters. The number of aliphatic hydroxyl groups is 4. The SMILES string of the molecule is CCCCCCCCCCCCCCC(O)(CCCCCCCCCCCCCC)C(CO)(CO)CO. The van der Waals surface area contributed by atoms with Crippen molar-refractivity contribution in [2.45, 2.75) is 186 Å². The Labute approximate surface area is 232 Å². The van der Waals surface area contributed by atoms with Gasteiger partial charge in [-0.15, -0.1) is 0 Å². The van der Waals surface area contributed by atoms with Gasteiger partial charge in [-0.25, -0.2) is 0 Å². The van der Waals surface area contributed by atoms with Crippen LogP contribution in [0.3, 0.4) is 0 Å². The molecule has 0 aliphatic rings. The molecule has 0 heterocycles. The number of hydrogen-bond acceptors (Lipinski definition) is 4. The molecule has 0 radical (unpaired) electrons. The lowest BCUT2D eigenvalue weighted by molar-refractivity contribution is -0.162. The Hall–Kier alpha value is -0.160. The average molecular weight is 529 g/mol. The van der Waals surface area contributed by atoms with Crippen LogP contribution in [0.25, 0.3) is 0 Å². The first kappa shape index (κ1) is 36.8. The molecular formula is C33H68O4. The number of aliphatic hydroxyl groups excluding tert-OH is 3. The van der Waals surface area contributed by atoms with Gasteiger partial charge in [-0.3, -0.25) is 0 Å². The number of unbranched alkanes of at least 4 members (excludes halogenated alkanes) is 22. The van der Waals surface area contributed by atoms with E-state index in [1.807, 2.05) is 0 Å². The molecule has 4 nitrogen and oxygen atoms in total. The summed E-state index contributed by atoms with van der Waals surface area (Å²) < 4.78 is 0. The predicted molar refractivity (Wildman–Crippen MR) is 160 cm³/mol. The molecule has 224 valence electrons. The molecule has 0 aromatic heterocycles. The zero-order valence-electron chi connectivity index (χ0n) is 25.3. The van der Waals surface area contributed by atoms with E-state index in [2.05, 4.69) is 13.8 Å². The van der Waals surface area contributed by atoms with Gasteiger partial charge in [0.1, 0.15) is 0 Å². The Morgan fingerprint density at radius 2 is 0.568 bits per heavy atom. The minimum absolute atomic E-state index is 0.382. The molecule has 0 rings (SSSR count). The fourth-order valence-corrected chi connectivity index (χ4v) is 5.76. The van der Waals surface area contributed by atoms with E-state index in [1.165, 1.54) is 128 Å². The van der Waals surface area contributed by atoms with Gasteiger partial charge in [0.05, 0.1) is 30.8 Å². The molecule has 0 aromatic rings. The summed E-state index contributed by atoms with van der Waals surface area (Å²) in [7, 11) is 0. The third kappa shape index (κ3) is 17.9. The van der Waals surface area contributed by atoms with E-state index in [-0.39, 0.29) is 19.8 Å². The normalized spacial score (nSPS) is 12.5. The molecular weight excluding hydrogens is 460 g/mol. The highest BCUT2D eigenvalue weighted by atomic mass is 16.3. The van der Waals surface area contributed by atoms with Crippen LogP contribution < -0.4 is 0 Å². The van der Waals surface area contributed by atoms with Gasteiger partial charge in [-0.05, 0) is 12.8 Å². The maximum absolute atomic E-state index is 11.6. The first-order chi connectivity index (χ1) is 18.1. The largest absolute Gasteiger partial charge is 0.395 e. The summed E-state index contributed by atoms with van der Waals surface area (Å²) in [5, 5.41) is 41.6. The number of rotatable bonds is 30. The van der Waals surface area contributed by atoms with Gasteiger partial charge < -0.3 is 20.4 Å². The van der Waals surface area contributed by atoms with Gasteiger partial charge in [0.25, 0.3) is 0 Å². The summed E-state index contributed by atoms with van der Waals surface area (Å²) in [6.45, 7) is 3.38. The molecule has 37 heavy (non-hydrogen) atoms. The fraction of sp³-hybridized carbons (Fsp3) is 1.00. The van der Waals surface area contributed by atoms with Gasteiger partial charge in [0.2, 0.25) is 0 Å². The Morgan fingerprint density at radius 3 is 0.784 bits per heavy atom. The quantitative estimate of drug-likeness (QED) is 0.0702. The highest BCUT2D eigenvalue weighted by Crippen LogP contribution is 2.39. The summed E-state index contributed by atoms with van der Waals surface area (Å²) in [5.74, 6) is 0. The van der Waals surface area contributed by atoms with Gasteiger partial charge in [-0.1, -0.05) is 168 Å². The van der Waals surface area contributed by atoms with Crippen LogP contribution in [0, 0.1) is 5.41 Å². The second-order valence-electron chi connectivity index (χ2n) is 12.1. The standard InChI is InChI=1S/C33H68O4/c1-3-5-7-9-11-13-15-17-19-21-23-25-27-33(37,32(29-34,30-35)31-36)28-26-24-22-20-18-16-14-12-10-8-6-4-2/h34-37H,3-31H2,1-2H3. The van der Waals surface area contributed by atoms with Crippen molar-refractivity contribution in [1.29, 1.82) is 0 Å². The average Bonchev–Trinajstić information content (AvgIpc) is 2.91. The second-order valence-corrected chi connectivity index (χ2v) is 12.1. The van der Waals surface area contributed by atoms with E-state index in [9.17, 15) is 20.4 Å². The van der Waals surface area contributed by atoms with Crippen molar-refractivity contribution in [2.24, 2.45) is 5.41 Å². The van der Waals surface area contributed by atoms with Crippen LogP contribution in [0.4, 0.5) is 0 Å². The van der Waals surface area contributed by atoms with E-state index in [0.29, 0.717) is 12.8 Å². The maximum Gasteiger partial charge on any atom is 0.0770 e. The molecule has 0 amide bonds. The molecule has 4 heteroatoms. The highest BCUT2D eigenvalue weighted by molar-refractivity contribution is 4.98. The Bertz CT molecular complexity index is 413. The zero-order valence-corrected chi connectivity index (χ0v) is 25.3. The molecule has 0 fully saturated rings. The van der Waals surface area contributed by atoms with Crippen LogP contribution in [0.5, 0.6) is 0 Å². The maximum atomic E-state index is 11.6. The van der Waals surface area contributed by atoms with Crippen molar-refractivity contribution in [3.8, 4) is 0 Å². The molecule has 0 atom stereocenters. The fourth-order valence-electron chi connectivity index (χ4n) is 5.76. The molecule has 0 aromatic carbocycles. The van der Waals surface area contributed by atoms with Crippen LogP contribution in [-0.2, 0) is 0 Å². The van der Waals surface area contributed by atoms with Crippen molar-refractivity contribution >= 4 is 0 Å². The van der Waals surface area contributed by atoms with Crippen LogP contribution >= 0.6 is 0 Å². The van der Waals surface area contributed by atoms with Crippen molar-refractivity contribution in [3.05, 3.63) is 0 Å². The third-order valence-electron chi connectivity index (χ3n) is 8.78. The molecule has 0 aliphatic heterocycles. The zero-order chi connectivity index (χ0) is 27.5. The molecule has 0 saturated carbocycles. The molecule has 4 N–H and O–H groups in total. The third-order valence-corrected chi connectivity index (χ3v) is 8.78. The Kier molecular flexibility index (Phi) is 26.0. The van der Waals surface area contributed by atoms with Gasteiger partial charge >= 0.3 is 0 Å². The Balaban J connectivity index is 4.15. The minimum Gasteiger partial charge on any atom is -0.395 e. The summed E-state index contributed by atoms with van der Waals surface area (Å²) >= 11 is 0. The van der Waals surface area contributed by atoms with Gasteiger partial charge in [0, 0.05) is 0 Å². The van der Waals surface area contributed by atoms with Crippen molar-refractivity contribution in [2.75, 3.05) is 19.8 Å². The topological polar surface area (TPSA) is 80.9 Å². The lowest BCUT2D eigenvalue weighted by Gasteiger charge is -2.44. The smallest absolute Gasteiger partial charge is 0.0770 e. The lowest BCUT2D eigenvalue weighted by Crippen LogP contribution is -2.55. The predicted octanol–water partition coefficient (Wildman–Crippen LogP) is 8.86. The van der Waals surface area contributed by atoms with E-state index in [0.717, 1.165) is 25.7 Å². The van der Waals surface area contributed by atoms with Crippen molar-refractivity contribution < 1.29 is 20.4 Å². The summed E-state index contributed by atoms with van der Waals surface area (Å²) in [6, 6.07) is 0. The van der Waals surface area contributed by atoms with E-state index in [1.54, 1.807) is 0 Å². The number of hydrogen-bond donors (Lipinski definition) is 4.